The Labute approximate surface area is 178 Å². The first-order chi connectivity index (χ1) is 14.2. The minimum Gasteiger partial charge on any atom is -0.337 e. The molecule has 1 aliphatic rings. The number of hydrogen-bond acceptors (Lipinski definition) is 5. The lowest BCUT2D eigenvalue weighted by molar-refractivity contribution is 0.599. The molecule has 0 saturated heterocycles. The molecule has 2 unspecified atom stereocenters. The minimum absolute atomic E-state index is 0.0259. The van der Waals surface area contributed by atoms with Gasteiger partial charge in [-0.1, -0.05) is 12.1 Å². The van der Waals surface area contributed by atoms with Crippen LogP contribution in [0.25, 0.3) is 0 Å². The van der Waals surface area contributed by atoms with E-state index in [-0.39, 0.29) is 28.7 Å². The van der Waals surface area contributed by atoms with Crippen LogP contribution in [0.4, 0.5) is 21.6 Å². The average molecular weight is 448 g/mol. The van der Waals surface area contributed by atoms with Crippen LogP contribution < -0.4 is 15.6 Å². The Morgan fingerprint density at radius 1 is 1.17 bits per heavy atom. The monoisotopic (exact) mass is 447 g/mol. The third-order valence-corrected chi connectivity index (χ3v) is 8.09. The highest BCUT2D eigenvalue weighted by Crippen LogP contribution is 2.48. The van der Waals surface area contributed by atoms with Crippen LogP contribution in [-0.2, 0) is 17.1 Å². The normalized spacial score (nSPS) is 18.3. The fourth-order valence-corrected chi connectivity index (χ4v) is 6.16. The topological polar surface area (TPSA) is 80.2 Å². The van der Waals surface area contributed by atoms with Gasteiger partial charge in [-0.3, -0.25) is 14.1 Å². The number of aromatic nitrogens is 1. The average Bonchev–Trinajstić information content (AvgIpc) is 3.32. The molecule has 2 N–H and O–H groups in total. The maximum Gasteiger partial charge on any atom is 0.254 e. The molecule has 0 spiro atoms. The summed E-state index contributed by atoms with van der Waals surface area (Å²) in [6.07, 6.45) is 0.552. The van der Waals surface area contributed by atoms with E-state index in [1.807, 2.05) is 17.5 Å². The Hall–Kier alpha value is -2.65. The summed E-state index contributed by atoms with van der Waals surface area (Å²) in [5.74, 6) is -0.330. The first-order valence-electron chi connectivity index (χ1n) is 9.46. The highest BCUT2D eigenvalue weighted by atomic mass is 32.2. The quantitative estimate of drug-likeness (QED) is 0.592. The molecule has 2 heterocycles. The van der Waals surface area contributed by atoms with E-state index in [0.29, 0.717) is 12.0 Å². The van der Waals surface area contributed by atoms with Gasteiger partial charge in [-0.25, -0.2) is 12.8 Å². The predicted molar refractivity (Wildman–Crippen MR) is 119 cm³/mol. The molecule has 2 atom stereocenters. The molecule has 30 heavy (non-hydrogen) atoms. The molecule has 2 aromatic heterocycles. The molecule has 1 saturated carbocycles. The second-order valence-corrected chi connectivity index (χ2v) is 10.5. The zero-order valence-corrected chi connectivity index (χ0v) is 18.4. The van der Waals surface area contributed by atoms with E-state index in [9.17, 15) is 17.6 Å². The fraction of sp³-hybridized carbons (Fsp3) is 0.286. The Morgan fingerprint density at radius 3 is 2.60 bits per heavy atom. The zero-order valence-electron chi connectivity index (χ0n) is 16.8. The summed E-state index contributed by atoms with van der Waals surface area (Å²) in [7, 11) is -2.16. The van der Waals surface area contributed by atoms with E-state index in [1.54, 1.807) is 37.3 Å². The van der Waals surface area contributed by atoms with E-state index in [0.717, 1.165) is 10.4 Å². The Balaban J connectivity index is 1.68. The zero-order chi connectivity index (χ0) is 21.6. The van der Waals surface area contributed by atoms with Gasteiger partial charge in [0.1, 0.15) is 11.6 Å². The van der Waals surface area contributed by atoms with Crippen molar-refractivity contribution in [3.8, 4) is 0 Å². The molecule has 0 bridgehead atoms. The molecule has 0 radical (unpaired) electrons. The second-order valence-electron chi connectivity index (χ2n) is 7.61. The molecule has 0 aliphatic heterocycles. The Kier molecular flexibility index (Phi) is 5.19. The SMILES string of the molecule is Cc1ccc(Nc2c(NS(=O)(=O)C3CC3c3cccs3)cc(C)c(=O)n2C)c(F)c1. The van der Waals surface area contributed by atoms with Crippen LogP contribution in [0.5, 0.6) is 0 Å². The van der Waals surface area contributed by atoms with Crippen molar-refractivity contribution in [2.24, 2.45) is 7.05 Å². The van der Waals surface area contributed by atoms with Crippen molar-refractivity contribution in [2.75, 3.05) is 10.0 Å². The lowest BCUT2D eigenvalue weighted by Crippen LogP contribution is -2.26. The van der Waals surface area contributed by atoms with Crippen LogP contribution >= 0.6 is 11.3 Å². The molecule has 1 aliphatic carbocycles. The van der Waals surface area contributed by atoms with Crippen molar-refractivity contribution in [1.82, 2.24) is 4.57 Å². The summed E-state index contributed by atoms with van der Waals surface area (Å²) in [6, 6.07) is 9.99. The van der Waals surface area contributed by atoms with Gasteiger partial charge >= 0.3 is 0 Å². The number of nitrogens with one attached hydrogen (secondary N) is 2. The van der Waals surface area contributed by atoms with Crippen molar-refractivity contribution >= 4 is 38.6 Å². The summed E-state index contributed by atoms with van der Waals surface area (Å²) in [6.45, 7) is 3.38. The summed E-state index contributed by atoms with van der Waals surface area (Å²) in [5.41, 5.74) is 1.21. The number of benzene rings is 1. The largest absolute Gasteiger partial charge is 0.337 e. The van der Waals surface area contributed by atoms with Gasteiger partial charge in [0.05, 0.1) is 16.6 Å². The number of nitrogens with zero attached hydrogens (tertiary/aromatic N) is 1. The highest BCUT2D eigenvalue weighted by molar-refractivity contribution is 7.93. The smallest absolute Gasteiger partial charge is 0.254 e. The first-order valence-corrected chi connectivity index (χ1v) is 11.9. The summed E-state index contributed by atoms with van der Waals surface area (Å²) >= 11 is 1.54. The van der Waals surface area contributed by atoms with Crippen molar-refractivity contribution < 1.29 is 12.8 Å². The third kappa shape index (κ3) is 3.87. The summed E-state index contributed by atoms with van der Waals surface area (Å²) in [5, 5.41) is 4.29. The molecular formula is C21H22FN3O3S2. The van der Waals surface area contributed by atoms with E-state index in [2.05, 4.69) is 10.0 Å². The molecule has 4 rings (SSSR count). The number of aryl methyl sites for hydroxylation is 2. The Bertz CT molecular complexity index is 1270. The first kappa shape index (κ1) is 20.6. The number of rotatable bonds is 6. The summed E-state index contributed by atoms with van der Waals surface area (Å²) in [4.78, 5) is 13.5. The second kappa shape index (κ2) is 7.55. The van der Waals surface area contributed by atoms with Gasteiger partial charge in [0.25, 0.3) is 5.56 Å². The number of sulfonamides is 1. The van der Waals surface area contributed by atoms with E-state index in [4.69, 9.17) is 0 Å². The summed E-state index contributed by atoms with van der Waals surface area (Å²) < 4.78 is 44.3. The van der Waals surface area contributed by atoms with Gasteiger partial charge in [-0.15, -0.1) is 11.3 Å². The molecule has 158 valence electrons. The van der Waals surface area contributed by atoms with Gasteiger partial charge in [-0.2, -0.15) is 0 Å². The third-order valence-electron chi connectivity index (χ3n) is 5.26. The molecule has 3 aromatic rings. The number of anilines is 3. The van der Waals surface area contributed by atoms with Gasteiger partial charge in [0.15, 0.2) is 0 Å². The lowest BCUT2D eigenvalue weighted by atomic mass is 10.2. The van der Waals surface area contributed by atoms with Crippen LogP contribution in [0, 0.1) is 19.7 Å². The van der Waals surface area contributed by atoms with E-state index >= 15 is 0 Å². The van der Waals surface area contributed by atoms with Gasteiger partial charge in [0, 0.05) is 23.4 Å². The van der Waals surface area contributed by atoms with E-state index in [1.165, 1.54) is 23.7 Å². The number of halogens is 1. The Morgan fingerprint density at radius 2 is 1.93 bits per heavy atom. The number of hydrogen-bond donors (Lipinski definition) is 2. The molecular weight excluding hydrogens is 425 g/mol. The predicted octanol–water partition coefficient (Wildman–Crippen LogP) is 4.24. The van der Waals surface area contributed by atoms with Crippen LogP contribution in [0.2, 0.25) is 0 Å². The van der Waals surface area contributed by atoms with E-state index < -0.39 is 21.1 Å². The van der Waals surface area contributed by atoms with Crippen LogP contribution in [-0.4, -0.2) is 18.2 Å². The van der Waals surface area contributed by atoms with Gasteiger partial charge in [0.2, 0.25) is 10.0 Å². The van der Waals surface area contributed by atoms with Crippen LogP contribution in [0.1, 0.15) is 28.3 Å². The van der Waals surface area contributed by atoms with Crippen molar-refractivity contribution in [3.63, 3.8) is 0 Å². The van der Waals surface area contributed by atoms with Crippen molar-refractivity contribution in [2.45, 2.75) is 31.4 Å². The maximum absolute atomic E-state index is 14.4. The lowest BCUT2D eigenvalue weighted by Gasteiger charge is -2.19. The maximum atomic E-state index is 14.4. The molecule has 1 aromatic carbocycles. The highest BCUT2D eigenvalue weighted by Gasteiger charge is 2.49. The van der Waals surface area contributed by atoms with Crippen LogP contribution in [0.3, 0.4) is 0 Å². The number of pyridine rings is 1. The van der Waals surface area contributed by atoms with Crippen molar-refractivity contribution in [3.05, 3.63) is 74.0 Å². The van der Waals surface area contributed by atoms with Crippen molar-refractivity contribution in [1.29, 1.82) is 0 Å². The standard InChI is InChI=1S/C21H22FN3O3S2/c1-12-6-7-16(15(22)9-12)23-20-17(10-13(2)21(26)25(20)3)24-30(27,28)19-11-14(19)18-5-4-8-29-18/h4-10,14,19,23-24H,11H2,1-3H3. The molecule has 1 fully saturated rings. The molecule has 9 heteroatoms. The molecule has 6 nitrogen and oxygen atoms in total. The number of thiophene rings is 1. The van der Waals surface area contributed by atoms with Gasteiger partial charge < -0.3 is 5.32 Å². The fourth-order valence-electron chi connectivity index (χ4n) is 3.52. The van der Waals surface area contributed by atoms with Gasteiger partial charge in [-0.05, 0) is 55.5 Å². The minimum atomic E-state index is -3.69. The van der Waals surface area contributed by atoms with Crippen LogP contribution in [0.15, 0.2) is 46.6 Å². The molecule has 0 amide bonds.